The first-order valence-electron chi connectivity index (χ1n) is 10.5. The quantitative estimate of drug-likeness (QED) is 0.724. The van der Waals surface area contributed by atoms with Crippen LogP contribution in [0.2, 0.25) is 0 Å². The number of nitrogens with zero attached hydrogens (tertiary/aromatic N) is 4. The van der Waals surface area contributed by atoms with E-state index in [4.69, 9.17) is 4.74 Å². The Morgan fingerprint density at radius 3 is 2.56 bits per heavy atom. The molecule has 0 atom stereocenters. The number of hydrogen-bond acceptors (Lipinski definition) is 6. The van der Waals surface area contributed by atoms with E-state index < -0.39 is 10.0 Å². The zero-order chi connectivity index (χ0) is 23.0. The summed E-state index contributed by atoms with van der Waals surface area (Å²) >= 11 is 0. The first-order valence-corrected chi connectivity index (χ1v) is 11.9. The van der Waals surface area contributed by atoms with Crippen molar-refractivity contribution in [1.29, 1.82) is 0 Å². The monoisotopic (exact) mass is 461 g/mol. The average molecular weight is 462 g/mol. The Kier molecular flexibility index (Phi) is 6.06. The van der Waals surface area contributed by atoms with Gasteiger partial charge < -0.3 is 15.0 Å². The molecule has 2 amide bonds. The lowest BCUT2D eigenvalue weighted by Gasteiger charge is -2.29. The number of anilines is 1. The molecule has 0 radical (unpaired) electrons. The lowest BCUT2D eigenvalue weighted by atomic mass is 10.1. The highest BCUT2D eigenvalue weighted by Gasteiger charge is 2.36. The molecule has 1 saturated heterocycles. The first kappa shape index (κ1) is 22.4. The maximum absolute atomic E-state index is 13.6. The van der Waals surface area contributed by atoms with Crippen LogP contribution >= 0.6 is 0 Å². The summed E-state index contributed by atoms with van der Waals surface area (Å²) in [5.74, 6) is -0.559. The minimum absolute atomic E-state index is 0.0427. The molecule has 1 N–H and O–H groups in total. The number of fused-ring (bicyclic) bond motifs is 1. The Bertz CT molecular complexity index is 1170. The molecule has 0 unspecified atom stereocenters. The molecule has 1 aromatic carbocycles. The Labute approximate surface area is 187 Å². The van der Waals surface area contributed by atoms with E-state index in [1.807, 2.05) is 0 Å². The van der Waals surface area contributed by atoms with Crippen molar-refractivity contribution in [2.75, 3.05) is 38.2 Å². The summed E-state index contributed by atoms with van der Waals surface area (Å²) in [6.45, 7) is 5.35. The second-order valence-corrected chi connectivity index (χ2v) is 9.98. The number of sulfonamides is 1. The zero-order valence-corrected chi connectivity index (χ0v) is 19.2. The molecule has 2 aliphatic heterocycles. The van der Waals surface area contributed by atoms with Gasteiger partial charge in [0.15, 0.2) is 5.69 Å². The van der Waals surface area contributed by atoms with Gasteiger partial charge in [0.1, 0.15) is 4.90 Å². The van der Waals surface area contributed by atoms with Crippen LogP contribution in [0.15, 0.2) is 23.1 Å². The lowest BCUT2D eigenvalue weighted by molar-refractivity contribution is -0.114. The van der Waals surface area contributed by atoms with Gasteiger partial charge in [0.2, 0.25) is 15.9 Å². The molecule has 0 aliphatic carbocycles. The standard InChI is InChI=1S/C21H27N5O5S/c1-14-4-5-17(22-15(2)27)19(12-14)32(29,30)26-7-6-18-16(13-26)20(23-24(18)3)21(28)25-8-10-31-11-9-25/h4-5,12H,6-11,13H2,1-3H3,(H,22,27). The SMILES string of the molecule is CC(=O)Nc1ccc(C)cc1S(=O)(=O)N1CCc2c(c(C(=O)N3CCOCC3)nn2C)C1. The summed E-state index contributed by atoms with van der Waals surface area (Å²) in [5.41, 5.74) is 2.78. The van der Waals surface area contributed by atoms with E-state index in [0.717, 1.165) is 11.3 Å². The molecule has 32 heavy (non-hydrogen) atoms. The predicted molar refractivity (Wildman–Crippen MR) is 117 cm³/mol. The van der Waals surface area contributed by atoms with Gasteiger partial charge in [-0.3, -0.25) is 14.3 Å². The van der Waals surface area contributed by atoms with E-state index in [1.165, 1.54) is 11.2 Å². The summed E-state index contributed by atoms with van der Waals surface area (Å²) in [6.07, 6.45) is 0.440. The van der Waals surface area contributed by atoms with Crippen LogP contribution in [0.5, 0.6) is 0 Å². The summed E-state index contributed by atoms with van der Waals surface area (Å²) < 4.78 is 35.5. The van der Waals surface area contributed by atoms with E-state index >= 15 is 0 Å². The summed E-state index contributed by atoms with van der Waals surface area (Å²) in [7, 11) is -2.15. The second-order valence-electron chi connectivity index (χ2n) is 8.07. The molecule has 0 spiro atoms. The normalized spacial score (nSPS) is 17.2. The van der Waals surface area contributed by atoms with Gasteiger partial charge in [-0.15, -0.1) is 0 Å². The molecule has 0 bridgehead atoms. The molecule has 0 saturated carbocycles. The van der Waals surface area contributed by atoms with Crippen LogP contribution in [-0.4, -0.2) is 72.1 Å². The Morgan fingerprint density at radius 2 is 1.88 bits per heavy atom. The van der Waals surface area contributed by atoms with Gasteiger partial charge in [-0.05, 0) is 24.6 Å². The van der Waals surface area contributed by atoms with Crippen LogP contribution in [-0.2, 0) is 39.6 Å². The van der Waals surface area contributed by atoms with Crippen molar-refractivity contribution in [3.8, 4) is 0 Å². The first-order chi connectivity index (χ1) is 15.2. The molecule has 10 nitrogen and oxygen atoms in total. The predicted octanol–water partition coefficient (Wildman–Crippen LogP) is 0.906. The lowest BCUT2D eigenvalue weighted by Crippen LogP contribution is -2.42. The van der Waals surface area contributed by atoms with E-state index in [9.17, 15) is 18.0 Å². The third-order valence-corrected chi connectivity index (χ3v) is 7.66. The third-order valence-electron chi connectivity index (χ3n) is 5.77. The van der Waals surface area contributed by atoms with Gasteiger partial charge in [-0.2, -0.15) is 9.40 Å². The highest BCUT2D eigenvalue weighted by atomic mass is 32.2. The number of ether oxygens (including phenoxy) is 1. The fourth-order valence-corrected chi connectivity index (χ4v) is 5.78. The number of nitrogens with one attached hydrogen (secondary N) is 1. The maximum Gasteiger partial charge on any atom is 0.274 e. The molecule has 1 fully saturated rings. The highest BCUT2D eigenvalue weighted by Crippen LogP contribution is 2.31. The number of carbonyl (C=O) groups is 2. The number of carbonyl (C=O) groups excluding carboxylic acids is 2. The van der Waals surface area contributed by atoms with E-state index in [-0.39, 0.29) is 41.2 Å². The average Bonchev–Trinajstić information content (AvgIpc) is 3.10. The van der Waals surface area contributed by atoms with Crippen LogP contribution < -0.4 is 5.32 Å². The van der Waals surface area contributed by atoms with Crippen molar-refractivity contribution in [3.05, 3.63) is 40.7 Å². The van der Waals surface area contributed by atoms with Gasteiger partial charge in [0, 0.05) is 57.8 Å². The van der Waals surface area contributed by atoms with Gasteiger partial charge in [-0.25, -0.2) is 8.42 Å². The van der Waals surface area contributed by atoms with Crippen molar-refractivity contribution in [2.24, 2.45) is 7.05 Å². The van der Waals surface area contributed by atoms with Crippen LogP contribution in [0.4, 0.5) is 5.69 Å². The number of benzene rings is 1. The molecule has 172 valence electrons. The molecule has 2 aromatic rings. The van der Waals surface area contributed by atoms with Crippen molar-refractivity contribution in [3.63, 3.8) is 0 Å². The topological polar surface area (TPSA) is 114 Å². The third kappa shape index (κ3) is 4.15. The minimum atomic E-state index is -3.92. The van der Waals surface area contributed by atoms with E-state index in [2.05, 4.69) is 10.4 Å². The molecular formula is C21H27N5O5S. The van der Waals surface area contributed by atoms with Gasteiger partial charge in [0.05, 0.1) is 18.9 Å². The maximum atomic E-state index is 13.6. The molecule has 1 aromatic heterocycles. The minimum Gasteiger partial charge on any atom is -0.378 e. The molecule has 4 rings (SSSR count). The zero-order valence-electron chi connectivity index (χ0n) is 18.4. The summed E-state index contributed by atoms with van der Waals surface area (Å²) in [4.78, 5) is 26.5. The number of aromatic nitrogens is 2. The Morgan fingerprint density at radius 1 is 1.16 bits per heavy atom. The summed E-state index contributed by atoms with van der Waals surface area (Å²) in [6, 6.07) is 4.90. The Balaban J connectivity index is 1.68. The summed E-state index contributed by atoms with van der Waals surface area (Å²) in [5, 5.41) is 7.04. The Hall–Kier alpha value is -2.76. The molecule has 11 heteroatoms. The van der Waals surface area contributed by atoms with Crippen LogP contribution in [0.25, 0.3) is 0 Å². The largest absolute Gasteiger partial charge is 0.378 e. The number of aryl methyl sites for hydroxylation is 2. The van der Waals surface area contributed by atoms with Crippen LogP contribution in [0.1, 0.15) is 34.2 Å². The van der Waals surface area contributed by atoms with Crippen molar-refractivity contribution < 1.29 is 22.7 Å². The fraction of sp³-hybridized carbons (Fsp3) is 0.476. The van der Waals surface area contributed by atoms with Gasteiger partial charge in [0.25, 0.3) is 5.91 Å². The smallest absolute Gasteiger partial charge is 0.274 e. The number of amides is 2. The van der Waals surface area contributed by atoms with Crippen LogP contribution in [0, 0.1) is 6.92 Å². The fourth-order valence-electron chi connectivity index (χ4n) is 4.14. The number of morpholine rings is 1. The van der Waals surface area contributed by atoms with Crippen molar-refractivity contribution in [2.45, 2.75) is 31.7 Å². The second kappa shape index (κ2) is 8.64. The number of hydrogen-bond donors (Lipinski definition) is 1. The van der Waals surface area contributed by atoms with Gasteiger partial charge >= 0.3 is 0 Å². The number of rotatable bonds is 4. The van der Waals surface area contributed by atoms with E-state index in [0.29, 0.717) is 38.3 Å². The molecule has 3 heterocycles. The van der Waals surface area contributed by atoms with Crippen LogP contribution in [0.3, 0.4) is 0 Å². The molecule has 2 aliphatic rings. The van der Waals surface area contributed by atoms with Crippen molar-refractivity contribution >= 4 is 27.5 Å². The molecular weight excluding hydrogens is 434 g/mol. The van der Waals surface area contributed by atoms with Gasteiger partial charge in [-0.1, -0.05) is 6.07 Å². The van der Waals surface area contributed by atoms with Crippen molar-refractivity contribution in [1.82, 2.24) is 19.0 Å². The van der Waals surface area contributed by atoms with E-state index in [1.54, 1.807) is 41.8 Å². The highest BCUT2D eigenvalue weighted by molar-refractivity contribution is 7.89.